The van der Waals surface area contributed by atoms with Crippen LogP contribution < -0.4 is 11.5 Å². The van der Waals surface area contributed by atoms with Crippen LogP contribution in [0.3, 0.4) is 0 Å². The fourth-order valence-corrected chi connectivity index (χ4v) is 1.11. The Balaban J connectivity index is 0. The van der Waals surface area contributed by atoms with E-state index in [9.17, 15) is 0 Å². The third-order valence-corrected chi connectivity index (χ3v) is 1.98. The summed E-state index contributed by atoms with van der Waals surface area (Å²) < 4.78 is 0. The van der Waals surface area contributed by atoms with Crippen LogP contribution in [-0.2, 0) is 0 Å². The molecule has 0 radical (unpaired) electrons. The molecule has 0 saturated carbocycles. The molecule has 8 N–H and O–H groups in total. The fraction of sp³-hybridized carbons (Fsp3) is 0. The predicted octanol–water partition coefficient (Wildman–Crippen LogP) is 1.63. The number of primary amides is 2. The number of amides is 2. The summed E-state index contributed by atoms with van der Waals surface area (Å²) in [6.07, 6.45) is 15.0. The van der Waals surface area contributed by atoms with Crippen molar-refractivity contribution in [3.05, 3.63) is 98.1 Å². The van der Waals surface area contributed by atoms with Gasteiger partial charge in [-0.2, -0.15) is 0 Å². The lowest BCUT2D eigenvalue weighted by atomic mass is 10.7. The van der Waals surface area contributed by atoms with Gasteiger partial charge in [0.1, 0.15) is 0 Å². The maximum absolute atomic E-state index is 9.00. The lowest BCUT2D eigenvalue weighted by Gasteiger charge is -1.62. The van der Waals surface area contributed by atoms with E-state index in [2.05, 4.69) is 31.4 Å². The second-order valence-electron chi connectivity index (χ2n) is 3.94. The highest BCUT2D eigenvalue weighted by Gasteiger charge is 1.61. The Kier molecular flexibility index (Phi) is 19.7. The van der Waals surface area contributed by atoms with Gasteiger partial charge in [-0.15, -0.1) is 0 Å². The monoisotopic (exact) mass is 360 g/mol. The summed E-state index contributed by atoms with van der Waals surface area (Å²) >= 11 is 0. The molecule has 4 heterocycles. The molecule has 0 saturated heterocycles. The van der Waals surface area contributed by atoms with E-state index in [1.807, 2.05) is 98.1 Å². The van der Waals surface area contributed by atoms with Crippen LogP contribution in [0.5, 0.6) is 0 Å². The van der Waals surface area contributed by atoms with Gasteiger partial charge < -0.3 is 31.4 Å². The van der Waals surface area contributed by atoms with E-state index in [0.717, 1.165) is 0 Å². The number of rotatable bonds is 0. The molecule has 8 heteroatoms. The van der Waals surface area contributed by atoms with Gasteiger partial charge in [-0.1, -0.05) is 0 Å². The van der Waals surface area contributed by atoms with Gasteiger partial charge in [-0.3, -0.25) is 0 Å². The third kappa shape index (κ3) is 25.9. The number of urea groups is 1. The Morgan fingerprint density at radius 2 is 0.600 bits per heavy atom. The number of hydrogen-bond acceptors (Lipinski definition) is 1. The molecule has 0 bridgehead atoms. The molecule has 0 aliphatic heterocycles. The van der Waals surface area contributed by atoms with Crippen molar-refractivity contribution in [3.63, 3.8) is 0 Å². The smallest absolute Gasteiger partial charge is 0.309 e. The minimum absolute atomic E-state index is 0. The molecule has 0 aliphatic rings. The number of nitrogens with one attached hydrogen (secondary N) is 4. The van der Waals surface area contributed by atoms with Crippen LogP contribution in [-0.4, -0.2) is 36.9 Å². The number of carbonyl (C=O) groups is 1. The van der Waals surface area contributed by atoms with Gasteiger partial charge >= 0.3 is 6.03 Å². The molecule has 0 fully saturated rings. The molecular formula is C17H28N6OSi. The highest BCUT2D eigenvalue weighted by molar-refractivity contribution is 5.75. The summed E-state index contributed by atoms with van der Waals surface area (Å²) in [4.78, 5) is 20.4. The molecule has 7 nitrogen and oxygen atoms in total. The molecule has 4 rings (SSSR count). The molecule has 0 aromatic carbocycles. The Labute approximate surface area is 151 Å². The van der Waals surface area contributed by atoms with Crippen molar-refractivity contribution in [2.45, 2.75) is 0 Å². The zero-order valence-corrected chi connectivity index (χ0v) is 13.3. The largest absolute Gasteiger partial charge is 0.368 e. The van der Waals surface area contributed by atoms with Crippen molar-refractivity contribution in [2.24, 2.45) is 11.5 Å². The number of nitrogens with two attached hydrogens (primary N) is 2. The summed E-state index contributed by atoms with van der Waals surface area (Å²) in [6.45, 7) is 0. The van der Waals surface area contributed by atoms with Crippen molar-refractivity contribution in [2.75, 3.05) is 0 Å². The zero-order chi connectivity index (χ0) is 17.7. The first-order chi connectivity index (χ1) is 11.7. The van der Waals surface area contributed by atoms with E-state index in [0.29, 0.717) is 0 Å². The standard InChI is InChI=1S/4C4H5N.CH4N2O.H4Si/c4*1-2-4-5-3-1;2-1(3)4;/h4*1-5H;(H4,2,3,4);1H4. The van der Waals surface area contributed by atoms with Gasteiger partial charge in [0.05, 0.1) is 0 Å². The summed E-state index contributed by atoms with van der Waals surface area (Å²) in [7, 11) is 0. The van der Waals surface area contributed by atoms with Crippen molar-refractivity contribution in [3.8, 4) is 0 Å². The fourth-order valence-electron chi connectivity index (χ4n) is 1.11. The molecule has 2 amide bonds. The Bertz CT molecular complexity index is 441. The second-order valence-corrected chi connectivity index (χ2v) is 3.94. The first kappa shape index (κ1) is 23.9. The highest BCUT2D eigenvalue weighted by atomic mass is 28.1. The van der Waals surface area contributed by atoms with Gasteiger partial charge in [0, 0.05) is 49.6 Å². The predicted molar refractivity (Wildman–Crippen MR) is 108 cm³/mol. The minimum Gasteiger partial charge on any atom is -0.368 e. The van der Waals surface area contributed by atoms with E-state index in [1.54, 1.807) is 0 Å². The topological polar surface area (TPSA) is 132 Å². The van der Waals surface area contributed by atoms with Gasteiger partial charge in [0.15, 0.2) is 0 Å². The normalized spacial score (nSPS) is 7.36. The third-order valence-electron chi connectivity index (χ3n) is 1.98. The lowest BCUT2D eigenvalue weighted by Crippen LogP contribution is -2.18. The maximum Gasteiger partial charge on any atom is 0.309 e. The Hall–Kier alpha value is -3.39. The van der Waals surface area contributed by atoms with Crippen LogP contribution in [0.15, 0.2) is 98.1 Å². The van der Waals surface area contributed by atoms with E-state index < -0.39 is 6.03 Å². The van der Waals surface area contributed by atoms with Crippen LogP contribution in [0, 0.1) is 0 Å². The Morgan fingerprint density at radius 3 is 0.640 bits per heavy atom. The van der Waals surface area contributed by atoms with Gasteiger partial charge in [0.2, 0.25) is 0 Å². The maximum atomic E-state index is 9.00. The molecule has 0 spiro atoms. The van der Waals surface area contributed by atoms with Crippen molar-refractivity contribution >= 4 is 17.0 Å². The molecule has 4 aromatic rings. The molecule has 0 unspecified atom stereocenters. The van der Waals surface area contributed by atoms with Crippen molar-refractivity contribution < 1.29 is 4.79 Å². The average Bonchev–Trinajstić information content (AvgIpc) is 3.46. The summed E-state index contributed by atoms with van der Waals surface area (Å²) in [5.74, 6) is 0. The highest BCUT2D eigenvalue weighted by Crippen LogP contribution is 1.73. The second kappa shape index (κ2) is 20.6. The van der Waals surface area contributed by atoms with Crippen molar-refractivity contribution in [1.82, 2.24) is 19.9 Å². The van der Waals surface area contributed by atoms with Gasteiger partial charge in [0.25, 0.3) is 0 Å². The molecule has 4 aromatic heterocycles. The van der Waals surface area contributed by atoms with Gasteiger partial charge in [-0.25, -0.2) is 4.79 Å². The zero-order valence-electron chi connectivity index (χ0n) is 13.3. The van der Waals surface area contributed by atoms with E-state index in [1.165, 1.54) is 0 Å². The van der Waals surface area contributed by atoms with Crippen LogP contribution >= 0.6 is 0 Å². The summed E-state index contributed by atoms with van der Waals surface area (Å²) in [6, 6.07) is 14.7. The average molecular weight is 361 g/mol. The van der Waals surface area contributed by atoms with Crippen LogP contribution in [0.1, 0.15) is 0 Å². The van der Waals surface area contributed by atoms with E-state index in [-0.39, 0.29) is 11.0 Å². The lowest BCUT2D eigenvalue weighted by molar-refractivity contribution is 0.256. The van der Waals surface area contributed by atoms with Crippen LogP contribution in [0.25, 0.3) is 0 Å². The Morgan fingerprint density at radius 1 is 0.480 bits per heavy atom. The quantitative estimate of drug-likeness (QED) is 0.261. The number of H-pyrrole nitrogens is 4. The molecule has 0 atom stereocenters. The first-order valence-electron chi connectivity index (χ1n) is 7.09. The van der Waals surface area contributed by atoms with E-state index in [4.69, 9.17) is 4.79 Å². The SMILES string of the molecule is NC(N)=O.[SiH4].c1cc[nH]c1.c1cc[nH]c1.c1cc[nH]c1.c1cc[nH]c1. The molecular weight excluding hydrogens is 332 g/mol. The van der Waals surface area contributed by atoms with Gasteiger partial charge in [-0.05, 0) is 59.5 Å². The number of aromatic nitrogens is 4. The van der Waals surface area contributed by atoms with Crippen LogP contribution in [0.2, 0.25) is 0 Å². The van der Waals surface area contributed by atoms with E-state index >= 15 is 0 Å². The summed E-state index contributed by atoms with van der Waals surface area (Å²) in [5, 5.41) is 0. The molecule has 0 aliphatic carbocycles. The number of hydrogen-bond donors (Lipinski definition) is 6. The number of carbonyl (C=O) groups excluding carboxylic acids is 1. The number of aromatic amines is 4. The summed E-state index contributed by atoms with van der Waals surface area (Å²) in [5.41, 5.74) is 8.50. The molecule has 136 valence electrons. The van der Waals surface area contributed by atoms with Crippen molar-refractivity contribution in [1.29, 1.82) is 0 Å². The van der Waals surface area contributed by atoms with Crippen LogP contribution in [0.4, 0.5) is 4.79 Å². The minimum atomic E-state index is -0.833. The molecule has 25 heavy (non-hydrogen) atoms. The first-order valence-corrected chi connectivity index (χ1v) is 7.09.